The number of carbonyl (C=O) groups excluding carboxylic acids is 1. The Morgan fingerprint density at radius 2 is 2.32 bits per heavy atom. The van der Waals surface area contributed by atoms with Crippen molar-refractivity contribution < 1.29 is 4.79 Å². The van der Waals surface area contributed by atoms with Gasteiger partial charge in [0.15, 0.2) is 0 Å². The van der Waals surface area contributed by atoms with Crippen LogP contribution in [0.1, 0.15) is 25.8 Å². The lowest BCUT2D eigenvalue weighted by atomic mass is 10.1. The van der Waals surface area contributed by atoms with Gasteiger partial charge in [0.2, 0.25) is 5.91 Å². The van der Waals surface area contributed by atoms with Crippen LogP contribution in [0.25, 0.3) is 0 Å². The lowest BCUT2D eigenvalue weighted by Crippen LogP contribution is -2.35. The van der Waals surface area contributed by atoms with E-state index in [9.17, 15) is 4.79 Å². The Morgan fingerprint density at radius 3 is 2.95 bits per heavy atom. The van der Waals surface area contributed by atoms with Crippen molar-refractivity contribution in [1.82, 2.24) is 4.90 Å². The number of anilines is 1. The topological polar surface area (TPSA) is 56.1 Å². The van der Waals surface area contributed by atoms with Gasteiger partial charge < -0.3 is 5.32 Å². The van der Waals surface area contributed by atoms with Gasteiger partial charge in [-0.05, 0) is 37.5 Å². The number of amides is 1. The number of likely N-dealkylation sites (tertiary alicyclic amines) is 1. The van der Waals surface area contributed by atoms with Crippen LogP contribution in [0.5, 0.6) is 0 Å². The van der Waals surface area contributed by atoms with E-state index >= 15 is 0 Å². The standard InChI is InChI=1S/C15H19N3O/c1-11-6-12(2)18(9-11)10-15(19)17-14-5-3-4-13(7-14)8-16/h3-5,7,11-12H,6,9-10H2,1-2H3,(H,17,19). The summed E-state index contributed by atoms with van der Waals surface area (Å²) in [5, 5.41) is 11.7. The highest BCUT2D eigenvalue weighted by molar-refractivity contribution is 5.92. The molecule has 0 saturated carbocycles. The van der Waals surface area contributed by atoms with E-state index < -0.39 is 0 Å². The molecule has 1 aliphatic heterocycles. The molecule has 0 spiro atoms. The molecule has 2 unspecified atom stereocenters. The van der Waals surface area contributed by atoms with Gasteiger partial charge in [-0.2, -0.15) is 5.26 Å². The summed E-state index contributed by atoms with van der Waals surface area (Å²) in [5.41, 5.74) is 1.24. The molecule has 1 saturated heterocycles. The number of nitrogens with zero attached hydrogens (tertiary/aromatic N) is 2. The highest BCUT2D eigenvalue weighted by atomic mass is 16.2. The first-order valence-electron chi connectivity index (χ1n) is 6.62. The average molecular weight is 257 g/mol. The molecular weight excluding hydrogens is 238 g/mol. The highest BCUT2D eigenvalue weighted by Crippen LogP contribution is 2.21. The summed E-state index contributed by atoms with van der Waals surface area (Å²) in [7, 11) is 0. The van der Waals surface area contributed by atoms with E-state index in [1.54, 1.807) is 24.3 Å². The first-order valence-corrected chi connectivity index (χ1v) is 6.62. The lowest BCUT2D eigenvalue weighted by Gasteiger charge is -2.20. The van der Waals surface area contributed by atoms with Crippen molar-refractivity contribution in [3.05, 3.63) is 29.8 Å². The molecule has 2 atom stereocenters. The molecule has 0 aliphatic carbocycles. The summed E-state index contributed by atoms with van der Waals surface area (Å²) in [6.45, 7) is 5.77. The zero-order valence-electron chi connectivity index (χ0n) is 11.4. The maximum atomic E-state index is 12.0. The molecule has 2 rings (SSSR count). The summed E-state index contributed by atoms with van der Waals surface area (Å²) < 4.78 is 0. The molecule has 4 heteroatoms. The maximum Gasteiger partial charge on any atom is 0.238 e. The number of rotatable bonds is 3. The highest BCUT2D eigenvalue weighted by Gasteiger charge is 2.27. The smallest absolute Gasteiger partial charge is 0.238 e. The fraction of sp³-hybridized carbons (Fsp3) is 0.467. The number of nitrogens with one attached hydrogen (secondary N) is 1. The monoisotopic (exact) mass is 257 g/mol. The van der Waals surface area contributed by atoms with E-state index in [4.69, 9.17) is 5.26 Å². The van der Waals surface area contributed by atoms with Crippen molar-refractivity contribution in [3.8, 4) is 6.07 Å². The van der Waals surface area contributed by atoms with Crippen molar-refractivity contribution in [2.24, 2.45) is 5.92 Å². The van der Waals surface area contributed by atoms with Gasteiger partial charge in [-0.25, -0.2) is 0 Å². The fourth-order valence-electron chi connectivity index (χ4n) is 2.66. The second-order valence-electron chi connectivity index (χ2n) is 5.36. The minimum Gasteiger partial charge on any atom is -0.325 e. The van der Waals surface area contributed by atoms with Crippen molar-refractivity contribution >= 4 is 11.6 Å². The molecule has 1 fully saturated rings. The number of carbonyl (C=O) groups is 1. The van der Waals surface area contributed by atoms with E-state index in [-0.39, 0.29) is 5.91 Å². The molecule has 0 aromatic heterocycles. The van der Waals surface area contributed by atoms with Crippen LogP contribution < -0.4 is 5.32 Å². The molecule has 1 aliphatic rings. The molecule has 1 heterocycles. The lowest BCUT2D eigenvalue weighted by molar-refractivity contribution is -0.117. The third-order valence-corrected chi connectivity index (χ3v) is 3.54. The molecule has 19 heavy (non-hydrogen) atoms. The van der Waals surface area contributed by atoms with Crippen LogP contribution in [0.3, 0.4) is 0 Å². The minimum atomic E-state index is -0.0176. The molecule has 1 amide bonds. The zero-order valence-corrected chi connectivity index (χ0v) is 11.4. The summed E-state index contributed by atoms with van der Waals surface area (Å²) in [6.07, 6.45) is 1.15. The summed E-state index contributed by atoms with van der Waals surface area (Å²) >= 11 is 0. The minimum absolute atomic E-state index is 0.0176. The second kappa shape index (κ2) is 5.85. The van der Waals surface area contributed by atoms with E-state index in [1.165, 1.54) is 0 Å². The van der Waals surface area contributed by atoms with Gasteiger partial charge in [0.1, 0.15) is 0 Å². The Kier molecular flexibility index (Phi) is 4.18. The van der Waals surface area contributed by atoms with Crippen LogP contribution in [0.2, 0.25) is 0 Å². The van der Waals surface area contributed by atoms with Crippen molar-refractivity contribution in [2.45, 2.75) is 26.3 Å². The van der Waals surface area contributed by atoms with Crippen LogP contribution in [0, 0.1) is 17.2 Å². The largest absolute Gasteiger partial charge is 0.325 e. The SMILES string of the molecule is CC1CC(C)N(CC(=O)Nc2cccc(C#N)c2)C1. The van der Waals surface area contributed by atoms with Crippen LogP contribution in [0.4, 0.5) is 5.69 Å². The number of benzene rings is 1. The summed E-state index contributed by atoms with van der Waals surface area (Å²) in [6, 6.07) is 9.51. The van der Waals surface area contributed by atoms with Gasteiger partial charge in [0.25, 0.3) is 0 Å². The molecule has 1 N–H and O–H groups in total. The summed E-state index contributed by atoms with van der Waals surface area (Å²) in [4.78, 5) is 14.2. The zero-order chi connectivity index (χ0) is 13.8. The number of hydrogen-bond donors (Lipinski definition) is 1. The van der Waals surface area contributed by atoms with Crippen LogP contribution >= 0.6 is 0 Å². The van der Waals surface area contributed by atoms with Gasteiger partial charge in [0, 0.05) is 18.3 Å². The molecule has 0 radical (unpaired) electrons. The number of hydrogen-bond acceptors (Lipinski definition) is 3. The third kappa shape index (κ3) is 3.55. The average Bonchev–Trinajstić information content (AvgIpc) is 2.68. The Bertz CT molecular complexity index is 506. The van der Waals surface area contributed by atoms with Crippen LogP contribution in [0.15, 0.2) is 24.3 Å². The molecule has 0 bridgehead atoms. The van der Waals surface area contributed by atoms with E-state index in [2.05, 4.69) is 30.1 Å². The summed E-state index contributed by atoms with van der Waals surface area (Å²) in [5.74, 6) is 0.640. The maximum absolute atomic E-state index is 12.0. The van der Waals surface area contributed by atoms with Crippen molar-refractivity contribution in [2.75, 3.05) is 18.4 Å². The second-order valence-corrected chi connectivity index (χ2v) is 5.36. The van der Waals surface area contributed by atoms with Gasteiger partial charge in [-0.1, -0.05) is 13.0 Å². The molecule has 100 valence electrons. The van der Waals surface area contributed by atoms with Crippen LogP contribution in [-0.2, 0) is 4.79 Å². The van der Waals surface area contributed by atoms with Gasteiger partial charge in [-0.15, -0.1) is 0 Å². The molecule has 4 nitrogen and oxygen atoms in total. The predicted molar refractivity (Wildman–Crippen MR) is 74.6 cm³/mol. The molecule has 1 aromatic rings. The van der Waals surface area contributed by atoms with Gasteiger partial charge >= 0.3 is 0 Å². The number of nitriles is 1. The fourth-order valence-corrected chi connectivity index (χ4v) is 2.66. The van der Waals surface area contributed by atoms with Crippen LogP contribution in [-0.4, -0.2) is 29.9 Å². The molecular formula is C15H19N3O. The van der Waals surface area contributed by atoms with E-state index in [0.717, 1.165) is 13.0 Å². The first kappa shape index (κ1) is 13.6. The van der Waals surface area contributed by atoms with Gasteiger partial charge in [-0.3, -0.25) is 9.69 Å². The van der Waals surface area contributed by atoms with E-state index in [0.29, 0.717) is 29.8 Å². The van der Waals surface area contributed by atoms with E-state index in [1.807, 2.05) is 0 Å². The van der Waals surface area contributed by atoms with Crippen molar-refractivity contribution in [1.29, 1.82) is 5.26 Å². The Morgan fingerprint density at radius 1 is 1.53 bits per heavy atom. The Labute approximate surface area is 114 Å². The predicted octanol–water partition coefficient (Wildman–Crippen LogP) is 2.23. The quantitative estimate of drug-likeness (QED) is 0.903. The normalized spacial score (nSPS) is 23.0. The Balaban J connectivity index is 1.92. The Hall–Kier alpha value is -1.86. The molecule has 1 aromatic carbocycles. The first-order chi connectivity index (χ1) is 9.08. The van der Waals surface area contributed by atoms with Crippen molar-refractivity contribution in [3.63, 3.8) is 0 Å². The van der Waals surface area contributed by atoms with Gasteiger partial charge in [0.05, 0.1) is 18.2 Å². The third-order valence-electron chi connectivity index (χ3n) is 3.54.